The lowest BCUT2D eigenvalue weighted by Crippen LogP contribution is -2.41. The van der Waals surface area contributed by atoms with Gasteiger partial charge >= 0.3 is 5.97 Å². The zero-order chi connectivity index (χ0) is 15.4. The minimum atomic E-state index is -0.760. The van der Waals surface area contributed by atoms with Crippen LogP contribution in [0.25, 0.3) is 0 Å². The van der Waals surface area contributed by atoms with E-state index in [0.717, 1.165) is 12.8 Å². The van der Waals surface area contributed by atoms with Crippen LogP contribution in [0.4, 0.5) is 0 Å². The molecule has 1 aliphatic heterocycles. The third-order valence-corrected chi connectivity index (χ3v) is 4.31. The number of rotatable bonds is 5. The van der Waals surface area contributed by atoms with Gasteiger partial charge in [0.25, 0.3) is 5.91 Å². The van der Waals surface area contributed by atoms with Crippen LogP contribution in [0.2, 0.25) is 0 Å². The number of likely N-dealkylation sites (tertiary alicyclic amines) is 1. The largest absolute Gasteiger partial charge is 0.481 e. The number of hydrogen-bond acceptors (Lipinski definition) is 3. The highest BCUT2D eigenvalue weighted by Gasteiger charge is 2.29. The topological polar surface area (TPSA) is 75.4 Å². The van der Waals surface area contributed by atoms with Crippen molar-refractivity contribution in [1.29, 1.82) is 0 Å². The standard InChI is InChI=1S/C15H23N3O3/c1-3-12(4-2)18-13(5-8-16-18)14(19)17-9-6-11(7-10-17)15(20)21/h5,8,11-12H,3-4,6-7,9-10H2,1-2H3,(H,20,21). The Balaban J connectivity index is 2.08. The summed E-state index contributed by atoms with van der Waals surface area (Å²) in [5.74, 6) is -1.12. The van der Waals surface area contributed by atoms with Gasteiger partial charge in [0, 0.05) is 19.3 Å². The molecule has 0 aromatic carbocycles. The van der Waals surface area contributed by atoms with E-state index in [-0.39, 0.29) is 17.9 Å². The Bertz CT molecular complexity index is 500. The smallest absolute Gasteiger partial charge is 0.306 e. The van der Waals surface area contributed by atoms with Crippen LogP contribution in [-0.4, -0.2) is 44.8 Å². The monoisotopic (exact) mass is 293 g/mol. The third kappa shape index (κ3) is 3.25. The first-order valence-electron chi connectivity index (χ1n) is 7.64. The molecule has 0 saturated carbocycles. The molecule has 0 unspecified atom stereocenters. The molecule has 0 spiro atoms. The van der Waals surface area contributed by atoms with Crippen LogP contribution in [0, 0.1) is 5.92 Å². The maximum Gasteiger partial charge on any atom is 0.306 e. The number of amides is 1. The SMILES string of the molecule is CCC(CC)n1nccc1C(=O)N1CCC(C(=O)O)CC1. The van der Waals surface area contributed by atoms with Gasteiger partial charge in [0.1, 0.15) is 5.69 Å². The molecule has 116 valence electrons. The fourth-order valence-corrected chi connectivity index (χ4v) is 2.90. The van der Waals surface area contributed by atoms with Crippen molar-refractivity contribution in [1.82, 2.24) is 14.7 Å². The van der Waals surface area contributed by atoms with Crippen LogP contribution in [0.5, 0.6) is 0 Å². The Morgan fingerprint density at radius 3 is 2.48 bits per heavy atom. The highest BCUT2D eigenvalue weighted by molar-refractivity contribution is 5.92. The van der Waals surface area contributed by atoms with E-state index in [9.17, 15) is 9.59 Å². The Hall–Kier alpha value is -1.85. The highest BCUT2D eigenvalue weighted by atomic mass is 16.4. The van der Waals surface area contributed by atoms with Crippen molar-refractivity contribution in [3.8, 4) is 0 Å². The molecule has 6 heteroatoms. The summed E-state index contributed by atoms with van der Waals surface area (Å²) in [4.78, 5) is 25.3. The minimum Gasteiger partial charge on any atom is -0.481 e. The first-order valence-corrected chi connectivity index (χ1v) is 7.64. The maximum absolute atomic E-state index is 12.6. The normalized spacial score (nSPS) is 16.4. The molecule has 1 aliphatic rings. The average Bonchev–Trinajstić information content (AvgIpc) is 2.97. The molecule has 6 nitrogen and oxygen atoms in total. The van der Waals surface area contributed by atoms with Crippen LogP contribution in [0.1, 0.15) is 56.1 Å². The summed E-state index contributed by atoms with van der Waals surface area (Å²) in [5.41, 5.74) is 0.609. The highest BCUT2D eigenvalue weighted by Crippen LogP contribution is 2.22. The van der Waals surface area contributed by atoms with Crippen molar-refractivity contribution in [3.05, 3.63) is 18.0 Å². The summed E-state index contributed by atoms with van der Waals surface area (Å²) in [5, 5.41) is 13.3. The summed E-state index contributed by atoms with van der Waals surface area (Å²) >= 11 is 0. The number of hydrogen-bond donors (Lipinski definition) is 1. The summed E-state index contributed by atoms with van der Waals surface area (Å²) in [7, 11) is 0. The fourth-order valence-electron chi connectivity index (χ4n) is 2.90. The van der Waals surface area contributed by atoms with Crippen LogP contribution in [0.15, 0.2) is 12.3 Å². The predicted octanol–water partition coefficient (Wildman–Crippen LogP) is 2.18. The van der Waals surface area contributed by atoms with Crippen LogP contribution >= 0.6 is 0 Å². The van der Waals surface area contributed by atoms with E-state index in [4.69, 9.17) is 5.11 Å². The molecule has 1 aromatic rings. The second-order valence-corrected chi connectivity index (χ2v) is 5.54. The number of aliphatic carboxylic acids is 1. The van der Waals surface area contributed by atoms with Crippen LogP contribution in [0.3, 0.4) is 0 Å². The predicted molar refractivity (Wildman–Crippen MR) is 78.1 cm³/mol. The van der Waals surface area contributed by atoms with Crippen molar-refractivity contribution in [2.75, 3.05) is 13.1 Å². The molecule has 0 aliphatic carbocycles. The fraction of sp³-hybridized carbons (Fsp3) is 0.667. The zero-order valence-electron chi connectivity index (χ0n) is 12.7. The molecule has 0 bridgehead atoms. The van der Waals surface area contributed by atoms with Crippen molar-refractivity contribution >= 4 is 11.9 Å². The van der Waals surface area contributed by atoms with E-state index < -0.39 is 5.97 Å². The number of carbonyl (C=O) groups is 2. The number of carbonyl (C=O) groups excluding carboxylic acids is 1. The minimum absolute atomic E-state index is 0.0387. The molecule has 0 atom stereocenters. The lowest BCUT2D eigenvalue weighted by atomic mass is 9.97. The van der Waals surface area contributed by atoms with Crippen LogP contribution < -0.4 is 0 Å². The maximum atomic E-state index is 12.6. The number of nitrogens with zero attached hydrogens (tertiary/aromatic N) is 3. The first-order chi connectivity index (χ1) is 10.1. The van der Waals surface area contributed by atoms with Crippen molar-refractivity contribution in [2.45, 2.75) is 45.6 Å². The number of carboxylic acids is 1. The van der Waals surface area contributed by atoms with E-state index >= 15 is 0 Å². The van der Waals surface area contributed by atoms with Gasteiger partial charge in [0.05, 0.1) is 12.0 Å². The lowest BCUT2D eigenvalue weighted by molar-refractivity contribution is -0.143. The molecule has 1 fully saturated rings. The first kappa shape index (κ1) is 15.5. The summed E-state index contributed by atoms with van der Waals surface area (Å²) in [6, 6.07) is 1.99. The van der Waals surface area contributed by atoms with Gasteiger partial charge in [-0.2, -0.15) is 5.10 Å². The summed E-state index contributed by atoms with van der Waals surface area (Å²) < 4.78 is 1.81. The van der Waals surface area contributed by atoms with Crippen LogP contribution in [-0.2, 0) is 4.79 Å². The van der Waals surface area contributed by atoms with Gasteiger partial charge < -0.3 is 10.0 Å². The molecule has 1 N–H and O–H groups in total. The van der Waals surface area contributed by atoms with Gasteiger partial charge in [0.15, 0.2) is 0 Å². The summed E-state index contributed by atoms with van der Waals surface area (Å²) in [6.07, 6.45) is 4.58. The van der Waals surface area contributed by atoms with Gasteiger partial charge in [-0.1, -0.05) is 13.8 Å². The van der Waals surface area contributed by atoms with Crippen molar-refractivity contribution < 1.29 is 14.7 Å². The molecule has 21 heavy (non-hydrogen) atoms. The Kier molecular flexibility index (Phi) is 4.98. The van der Waals surface area contributed by atoms with E-state index in [0.29, 0.717) is 31.6 Å². The zero-order valence-corrected chi connectivity index (χ0v) is 12.7. The van der Waals surface area contributed by atoms with Crippen molar-refractivity contribution in [2.24, 2.45) is 5.92 Å². The Morgan fingerprint density at radius 1 is 1.33 bits per heavy atom. The molecule has 0 radical (unpaired) electrons. The molecule has 1 aromatic heterocycles. The van der Waals surface area contributed by atoms with E-state index in [1.54, 1.807) is 17.2 Å². The molecule has 1 saturated heterocycles. The van der Waals surface area contributed by atoms with Gasteiger partial charge in [-0.05, 0) is 31.7 Å². The molecular weight excluding hydrogens is 270 g/mol. The molecule has 2 heterocycles. The molecule has 2 rings (SSSR count). The Morgan fingerprint density at radius 2 is 1.95 bits per heavy atom. The van der Waals surface area contributed by atoms with Gasteiger partial charge in [0.2, 0.25) is 0 Å². The van der Waals surface area contributed by atoms with E-state index in [1.807, 2.05) is 4.68 Å². The van der Waals surface area contributed by atoms with Gasteiger partial charge in [-0.15, -0.1) is 0 Å². The number of piperidine rings is 1. The van der Waals surface area contributed by atoms with Gasteiger partial charge in [-0.3, -0.25) is 14.3 Å². The Labute approximate surface area is 124 Å². The third-order valence-electron chi connectivity index (χ3n) is 4.31. The van der Waals surface area contributed by atoms with Crippen molar-refractivity contribution in [3.63, 3.8) is 0 Å². The quantitative estimate of drug-likeness (QED) is 0.903. The van der Waals surface area contributed by atoms with Gasteiger partial charge in [-0.25, -0.2) is 0 Å². The molecular formula is C15H23N3O3. The second-order valence-electron chi connectivity index (χ2n) is 5.54. The van der Waals surface area contributed by atoms with E-state index in [2.05, 4.69) is 18.9 Å². The van der Waals surface area contributed by atoms with E-state index in [1.165, 1.54) is 0 Å². The average molecular weight is 293 g/mol. The lowest BCUT2D eigenvalue weighted by Gasteiger charge is -2.30. The molecule has 1 amide bonds. The number of aromatic nitrogens is 2. The number of carboxylic acid groups (broad SMARTS) is 1. The second kappa shape index (κ2) is 6.74. The summed E-state index contributed by atoms with van der Waals surface area (Å²) in [6.45, 7) is 5.18.